The van der Waals surface area contributed by atoms with Crippen molar-refractivity contribution in [1.29, 1.82) is 0 Å². The summed E-state index contributed by atoms with van der Waals surface area (Å²) in [7, 11) is 0. The van der Waals surface area contributed by atoms with Gasteiger partial charge in [0.2, 0.25) is 5.78 Å². The van der Waals surface area contributed by atoms with Crippen molar-refractivity contribution >= 4 is 11.8 Å². The zero-order valence-corrected chi connectivity index (χ0v) is 9.96. The van der Waals surface area contributed by atoms with Gasteiger partial charge in [0, 0.05) is 19.3 Å². The Labute approximate surface area is 95.1 Å². The lowest BCUT2D eigenvalue weighted by molar-refractivity contribution is -0.140. The van der Waals surface area contributed by atoms with Gasteiger partial charge in [-0.2, -0.15) is 0 Å². The molecule has 0 heterocycles. The Morgan fingerprint density at radius 2 is 1.81 bits per heavy atom. The van der Waals surface area contributed by atoms with Crippen LogP contribution in [-0.2, 0) is 14.3 Å². The summed E-state index contributed by atoms with van der Waals surface area (Å²) in [6.45, 7) is 5.64. The molecular weight excluding hydrogens is 213 g/mol. The van der Waals surface area contributed by atoms with Crippen molar-refractivity contribution in [3.8, 4) is 0 Å². The summed E-state index contributed by atoms with van der Waals surface area (Å²) in [5.74, 6) is -1.61. The molecule has 4 nitrogen and oxygen atoms in total. The predicted molar refractivity (Wildman–Crippen MR) is 58.6 cm³/mol. The van der Waals surface area contributed by atoms with Gasteiger partial charge < -0.3 is 9.64 Å². The van der Waals surface area contributed by atoms with E-state index in [-0.39, 0.29) is 12.2 Å². The Balaban J connectivity index is 4.92. The lowest BCUT2D eigenvalue weighted by atomic mass is 10.2. The highest BCUT2D eigenvalue weighted by molar-refractivity contribution is 6.17. The maximum absolute atomic E-state index is 12.3. The van der Waals surface area contributed by atoms with E-state index < -0.39 is 18.4 Å². The first-order valence-corrected chi connectivity index (χ1v) is 5.32. The molecule has 0 aromatic carbocycles. The van der Waals surface area contributed by atoms with Crippen LogP contribution in [-0.4, -0.2) is 43.0 Å². The normalized spacial score (nSPS) is 11.1. The van der Waals surface area contributed by atoms with Crippen molar-refractivity contribution in [2.24, 2.45) is 0 Å². The van der Waals surface area contributed by atoms with Crippen molar-refractivity contribution < 1.29 is 18.7 Å². The molecule has 0 unspecified atom stereocenters. The number of ether oxygens (including phenoxy) is 1. The lowest BCUT2D eigenvalue weighted by Crippen LogP contribution is -2.23. The van der Waals surface area contributed by atoms with Gasteiger partial charge in [-0.25, -0.2) is 9.18 Å². The predicted octanol–water partition coefficient (Wildman–Crippen LogP) is 1.31. The summed E-state index contributed by atoms with van der Waals surface area (Å²) in [6, 6.07) is 0. The summed E-state index contributed by atoms with van der Waals surface area (Å²) >= 11 is 0. The Hall–Kier alpha value is -1.39. The lowest BCUT2D eigenvalue weighted by Gasteiger charge is -2.16. The molecule has 0 fully saturated rings. The van der Waals surface area contributed by atoms with Crippen molar-refractivity contribution in [1.82, 2.24) is 4.90 Å². The van der Waals surface area contributed by atoms with E-state index in [1.54, 1.807) is 11.8 Å². The number of esters is 1. The molecule has 0 bridgehead atoms. The summed E-state index contributed by atoms with van der Waals surface area (Å²) in [5, 5.41) is 0. The summed E-state index contributed by atoms with van der Waals surface area (Å²) < 4.78 is 17.0. The fourth-order valence-corrected chi connectivity index (χ4v) is 1.11. The minimum Gasteiger partial charge on any atom is -0.462 e. The van der Waals surface area contributed by atoms with Gasteiger partial charge in [0.05, 0.1) is 6.61 Å². The first kappa shape index (κ1) is 14.6. The van der Waals surface area contributed by atoms with E-state index in [0.717, 1.165) is 0 Å². The quantitative estimate of drug-likeness (QED) is 0.287. The second-order valence-corrected chi connectivity index (χ2v) is 3.04. The monoisotopic (exact) mass is 231 g/mol. The molecule has 0 atom stereocenters. The molecule has 0 spiro atoms. The van der Waals surface area contributed by atoms with Crippen molar-refractivity contribution in [3.63, 3.8) is 0 Å². The van der Waals surface area contributed by atoms with E-state index >= 15 is 0 Å². The second kappa shape index (κ2) is 7.84. The largest absolute Gasteiger partial charge is 0.462 e. The van der Waals surface area contributed by atoms with Gasteiger partial charge in [0.1, 0.15) is 5.57 Å². The molecule has 0 saturated heterocycles. The molecule has 0 rings (SSSR count). The van der Waals surface area contributed by atoms with Crippen LogP contribution in [0, 0.1) is 0 Å². The first-order valence-electron chi connectivity index (χ1n) is 5.32. The van der Waals surface area contributed by atoms with Gasteiger partial charge in [0.25, 0.3) is 0 Å². The third-order valence-electron chi connectivity index (χ3n) is 2.04. The number of halogens is 1. The van der Waals surface area contributed by atoms with Crippen LogP contribution < -0.4 is 0 Å². The number of ketones is 1. The molecule has 0 N–H and O–H groups in total. The van der Waals surface area contributed by atoms with Crippen molar-refractivity contribution in [3.05, 3.63) is 11.8 Å². The molecule has 0 saturated carbocycles. The molecule has 92 valence electrons. The Kier molecular flexibility index (Phi) is 7.16. The van der Waals surface area contributed by atoms with Crippen LogP contribution in [0.5, 0.6) is 0 Å². The van der Waals surface area contributed by atoms with Crippen LogP contribution >= 0.6 is 0 Å². The van der Waals surface area contributed by atoms with Crippen LogP contribution in [0.3, 0.4) is 0 Å². The number of Topliss-reactive ketones (excluding diaryl/α,β-unsaturated/α-hetero) is 1. The molecule has 0 radical (unpaired) electrons. The van der Waals surface area contributed by atoms with Gasteiger partial charge in [-0.15, -0.1) is 0 Å². The topological polar surface area (TPSA) is 46.6 Å². The molecule has 16 heavy (non-hydrogen) atoms. The van der Waals surface area contributed by atoms with E-state index in [9.17, 15) is 14.0 Å². The Morgan fingerprint density at radius 1 is 1.25 bits per heavy atom. The molecular formula is C11H18FNO3. The zero-order valence-electron chi connectivity index (χ0n) is 9.96. The summed E-state index contributed by atoms with van der Waals surface area (Å²) in [4.78, 5) is 24.4. The Bertz CT molecular complexity index is 272. The van der Waals surface area contributed by atoms with E-state index in [4.69, 9.17) is 4.74 Å². The average molecular weight is 231 g/mol. The summed E-state index contributed by atoms with van der Waals surface area (Å²) in [5.41, 5.74) is -0.229. The van der Waals surface area contributed by atoms with E-state index in [1.165, 1.54) is 6.20 Å². The molecule has 0 aromatic rings. The molecule has 0 aliphatic heterocycles. The van der Waals surface area contributed by atoms with Gasteiger partial charge in [-0.05, 0) is 20.8 Å². The third kappa shape index (κ3) is 4.42. The number of carbonyl (C=O) groups excluding carboxylic acids is 2. The van der Waals surface area contributed by atoms with Crippen LogP contribution in [0.15, 0.2) is 11.8 Å². The third-order valence-corrected chi connectivity index (χ3v) is 2.04. The summed E-state index contributed by atoms with van der Waals surface area (Å²) in [6.07, 6.45) is 1.36. The number of hydrogen-bond acceptors (Lipinski definition) is 4. The molecule has 5 heteroatoms. The van der Waals surface area contributed by atoms with Gasteiger partial charge in [0.15, 0.2) is 6.67 Å². The van der Waals surface area contributed by atoms with Crippen LogP contribution in [0.2, 0.25) is 0 Å². The maximum atomic E-state index is 12.3. The van der Waals surface area contributed by atoms with Crippen LogP contribution in [0.1, 0.15) is 20.8 Å². The van der Waals surface area contributed by atoms with Gasteiger partial charge >= 0.3 is 5.97 Å². The fraction of sp³-hybridized carbons (Fsp3) is 0.636. The molecule has 0 aliphatic carbocycles. The second-order valence-electron chi connectivity index (χ2n) is 3.04. The minimum absolute atomic E-state index is 0.161. The number of rotatable bonds is 7. The Morgan fingerprint density at radius 3 is 2.19 bits per heavy atom. The van der Waals surface area contributed by atoms with Crippen molar-refractivity contribution in [2.75, 3.05) is 26.4 Å². The highest BCUT2D eigenvalue weighted by atomic mass is 19.1. The molecule has 0 aromatic heterocycles. The first-order chi connectivity index (χ1) is 7.60. The number of nitrogens with zero attached hydrogens (tertiary/aromatic N) is 1. The highest BCUT2D eigenvalue weighted by Crippen LogP contribution is 2.04. The number of hydrogen-bond donors (Lipinski definition) is 0. The van der Waals surface area contributed by atoms with Crippen molar-refractivity contribution in [2.45, 2.75) is 20.8 Å². The van der Waals surface area contributed by atoms with E-state index in [1.807, 2.05) is 13.8 Å². The maximum Gasteiger partial charge on any atom is 0.343 e. The fourth-order valence-electron chi connectivity index (χ4n) is 1.11. The number of alkyl halides is 1. The number of carbonyl (C=O) groups is 2. The van der Waals surface area contributed by atoms with Gasteiger partial charge in [-0.1, -0.05) is 0 Å². The zero-order chi connectivity index (χ0) is 12.6. The standard InChI is InChI=1S/C11H18FNO3/c1-4-13(5-2)8-9(10(14)7-12)11(15)16-6-3/h8H,4-7H2,1-3H3/b9-8-. The highest BCUT2D eigenvalue weighted by Gasteiger charge is 2.20. The van der Waals surface area contributed by atoms with Gasteiger partial charge in [-0.3, -0.25) is 4.79 Å². The minimum atomic E-state index is -1.19. The van der Waals surface area contributed by atoms with E-state index in [0.29, 0.717) is 13.1 Å². The average Bonchev–Trinajstić information content (AvgIpc) is 2.30. The molecule has 0 amide bonds. The SMILES string of the molecule is CCOC(=O)/C(=C\N(CC)CC)C(=O)CF. The van der Waals surface area contributed by atoms with Crippen LogP contribution in [0.4, 0.5) is 4.39 Å². The van der Waals surface area contributed by atoms with E-state index in [2.05, 4.69) is 0 Å². The smallest absolute Gasteiger partial charge is 0.343 e. The molecule has 0 aliphatic rings. The van der Waals surface area contributed by atoms with Crippen LogP contribution in [0.25, 0.3) is 0 Å².